The second kappa shape index (κ2) is 7.75. The molecule has 1 rings (SSSR count). The van der Waals surface area contributed by atoms with Gasteiger partial charge in [-0.2, -0.15) is 0 Å². The summed E-state index contributed by atoms with van der Waals surface area (Å²) in [7, 11) is -3.79. The number of rotatable bonds is 5. The van der Waals surface area contributed by atoms with E-state index >= 15 is 0 Å². The first-order valence-corrected chi connectivity index (χ1v) is 7.79. The minimum absolute atomic E-state index is 0. The smallest absolute Gasteiger partial charge is 0.243 e. The van der Waals surface area contributed by atoms with Gasteiger partial charge in [-0.05, 0) is 41.4 Å². The molecule has 4 nitrogen and oxygen atoms in total. The molecule has 1 aromatic rings. The van der Waals surface area contributed by atoms with Crippen LogP contribution in [0.4, 0.5) is 4.39 Å². The molecule has 1 aromatic carbocycles. The first-order chi connectivity index (χ1) is 8.24. The summed E-state index contributed by atoms with van der Waals surface area (Å²) < 4.78 is 39.4. The fourth-order valence-corrected chi connectivity index (χ4v) is 4.14. The summed E-state index contributed by atoms with van der Waals surface area (Å²) in [5.41, 5.74) is 5.52. The van der Waals surface area contributed by atoms with Crippen molar-refractivity contribution in [2.45, 2.75) is 24.3 Å². The second-order valence-corrected chi connectivity index (χ2v) is 6.83. The van der Waals surface area contributed by atoms with Crippen molar-refractivity contribution in [1.29, 1.82) is 0 Å². The number of halogens is 4. The van der Waals surface area contributed by atoms with Crippen molar-refractivity contribution in [3.05, 3.63) is 27.4 Å². The van der Waals surface area contributed by atoms with Crippen LogP contribution in [-0.4, -0.2) is 21.0 Å². The quantitative estimate of drug-likeness (QED) is 0.804. The van der Waals surface area contributed by atoms with Gasteiger partial charge in [0.05, 0.1) is 5.02 Å². The summed E-state index contributed by atoms with van der Waals surface area (Å²) >= 11 is 8.73. The van der Waals surface area contributed by atoms with Crippen molar-refractivity contribution in [3.63, 3.8) is 0 Å². The highest BCUT2D eigenvalue weighted by Crippen LogP contribution is 2.30. The van der Waals surface area contributed by atoms with Crippen LogP contribution in [0.15, 0.2) is 21.5 Å². The third kappa shape index (κ3) is 5.53. The molecule has 0 aliphatic carbocycles. The largest absolute Gasteiger partial charge is 0.328 e. The van der Waals surface area contributed by atoms with E-state index in [9.17, 15) is 12.8 Å². The molecule has 0 radical (unpaired) electrons. The van der Waals surface area contributed by atoms with Crippen LogP contribution in [0.5, 0.6) is 0 Å². The molecular formula is C10H14BrCl2FN2O2S. The van der Waals surface area contributed by atoms with Crippen LogP contribution in [0.25, 0.3) is 0 Å². The summed E-state index contributed by atoms with van der Waals surface area (Å²) in [6, 6.07) is 1.89. The van der Waals surface area contributed by atoms with Gasteiger partial charge in [-0.25, -0.2) is 17.5 Å². The number of nitrogens with two attached hydrogens (primary N) is 1. The average Bonchev–Trinajstić information content (AvgIpc) is 2.13. The van der Waals surface area contributed by atoms with Crippen LogP contribution in [0.2, 0.25) is 5.02 Å². The second-order valence-electron chi connectivity index (χ2n) is 3.86. The molecule has 1 atom stereocenters. The van der Waals surface area contributed by atoms with Crippen molar-refractivity contribution in [2.75, 3.05) is 6.54 Å². The maximum Gasteiger partial charge on any atom is 0.243 e. The van der Waals surface area contributed by atoms with Crippen LogP contribution in [0.1, 0.15) is 13.3 Å². The minimum Gasteiger partial charge on any atom is -0.328 e. The molecule has 19 heavy (non-hydrogen) atoms. The lowest BCUT2D eigenvalue weighted by molar-refractivity contribution is 0.570. The molecular weight excluding hydrogens is 382 g/mol. The Morgan fingerprint density at radius 1 is 1.53 bits per heavy atom. The lowest BCUT2D eigenvalue weighted by atomic mass is 10.3. The monoisotopic (exact) mass is 394 g/mol. The van der Waals surface area contributed by atoms with Crippen molar-refractivity contribution in [1.82, 2.24) is 4.72 Å². The highest BCUT2D eigenvalue weighted by molar-refractivity contribution is 9.10. The number of nitrogens with one attached hydrogen (secondary N) is 1. The van der Waals surface area contributed by atoms with E-state index in [1.807, 2.05) is 0 Å². The van der Waals surface area contributed by atoms with Crippen LogP contribution in [-0.2, 0) is 10.0 Å². The van der Waals surface area contributed by atoms with Crippen LogP contribution >= 0.6 is 39.9 Å². The molecule has 1 unspecified atom stereocenters. The lowest BCUT2D eigenvalue weighted by Crippen LogP contribution is -2.29. The SMILES string of the molecule is CC(N)CCNS(=O)(=O)c1c(Cl)cc(F)cc1Br.Cl. The Hall–Kier alpha value is 0.0800. The van der Waals surface area contributed by atoms with Gasteiger partial charge in [0.15, 0.2) is 0 Å². The Kier molecular flexibility index (Phi) is 7.79. The Labute approximate surface area is 131 Å². The summed E-state index contributed by atoms with van der Waals surface area (Å²) in [6.07, 6.45) is 0.496. The predicted molar refractivity (Wildman–Crippen MR) is 79.8 cm³/mol. The van der Waals surface area contributed by atoms with E-state index in [0.717, 1.165) is 12.1 Å². The average molecular weight is 396 g/mol. The van der Waals surface area contributed by atoms with Crippen molar-refractivity contribution < 1.29 is 12.8 Å². The topological polar surface area (TPSA) is 72.2 Å². The Morgan fingerprint density at radius 2 is 2.11 bits per heavy atom. The third-order valence-corrected chi connectivity index (χ3v) is 4.98. The molecule has 0 aliphatic rings. The molecule has 0 bridgehead atoms. The fourth-order valence-electron chi connectivity index (χ4n) is 1.28. The predicted octanol–water partition coefficient (Wildman–Crippen LogP) is 2.68. The molecule has 0 fully saturated rings. The van der Waals surface area contributed by atoms with Gasteiger partial charge in [0.25, 0.3) is 0 Å². The lowest BCUT2D eigenvalue weighted by Gasteiger charge is -2.11. The Bertz CT molecular complexity index is 517. The molecule has 0 heterocycles. The fraction of sp³-hybridized carbons (Fsp3) is 0.400. The number of hydrogen-bond donors (Lipinski definition) is 2. The number of hydrogen-bond acceptors (Lipinski definition) is 3. The molecule has 0 amide bonds. The van der Waals surface area contributed by atoms with E-state index in [1.54, 1.807) is 6.92 Å². The Balaban J connectivity index is 0.00000324. The van der Waals surface area contributed by atoms with Gasteiger partial charge in [-0.15, -0.1) is 12.4 Å². The standard InChI is InChI=1S/C10H13BrClFN2O2S.ClH/c1-6(14)2-3-15-18(16,17)10-8(11)4-7(13)5-9(10)12;/h4-6,15H,2-3,14H2,1H3;1H. The van der Waals surface area contributed by atoms with Crippen molar-refractivity contribution >= 4 is 50.0 Å². The van der Waals surface area contributed by atoms with Gasteiger partial charge in [0, 0.05) is 17.1 Å². The molecule has 0 saturated carbocycles. The van der Waals surface area contributed by atoms with Gasteiger partial charge in [0.1, 0.15) is 10.7 Å². The van der Waals surface area contributed by atoms with Gasteiger partial charge < -0.3 is 5.73 Å². The highest BCUT2D eigenvalue weighted by Gasteiger charge is 2.22. The zero-order chi connectivity index (χ0) is 13.9. The zero-order valence-corrected chi connectivity index (χ0v) is 14.0. The normalized spacial score (nSPS) is 12.9. The highest BCUT2D eigenvalue weighted by atomic mass is 79.9. The van der Waals surface area contributed by atoms with Gasteiger partial charge in [0.2, 0.25) is 10.0 Å². The van der Waals surface area contributed by atoms with Crippen molar-refractivity contribution in [2.24, 2.45) is 5.73 Å². The van der Waals surface area contributed by atoms with Crippen molar-refractivity contribution in [3.8, 4) is 0 Å². The van der Waals surface area contributed by atoms with E-state index in [1.165, 1.54) is 0 Å². The summed E-state index contributed by atoms with van der Waals surface area (Å²) in [5, 5.41) is -0.171. The van der Waals surface area contributed by atoms with E-state index in [2.05, 4.69) is 20.7 Å². The number of benzene rings is 1. The molecule has 3 N–H and O–H groups in total. The zero-order valence-electron chi connectivity index (χ0n) is 9.99. The Morgan fingerprint density at radius 3 is 2.58 bits per heavy atom. The van der Waals surface area contributed by atoms with Gasteiger partial charge in [-0.3, -0.25) is 0 Å². The van der Waals surface area contributed by atoms with E-state index in [4.69, 9.17) is 17.3 Å². The molecule has 0 aromatic heterocycles. The van der Waals surface area contributed by atoms with E-state index < -0.39 is 15.8 Å². The third-order valence-electron chi connectivity index (χ3n) is 2.12. The van der Waals surface area contributed by atoms with Gasteiger partial charge >= 0.3 is 0 Å². The molecule has 0 aliphatic heterocycles. The maximum atomic E-state index is 13.0. The maximum absolute atomic E-state index is 13.0. The van der Waals surface area contributed by atoms with Gasteiger partial charge in [-0.1, -0.05) is 11.6 Å². The van der Waals surface area contributed by atoms with E-state index in [0.29, 0.717) is 6.42 Å². The van der Waals surface area contributed by atoms with E-state index in [-0.39, 0.29) is 39.4 Å². The molecule has 0 saturated heterocycles. The first-order valence-electron chi connectivity index (χ1n) is 5.14. The van der Waals surface area contributed by atoms with Crippen LogP contribution < -0.4 is 10.5 Å². The number of sulfonamides is 1. The molecule has 110 valence electrons. The summed E-state index contributed by atoms with van der Waals surface area (Å²) in [5.74, 6) is -0.610. The molecule has 9 heteroatoms. The summed E-state index contributed by atoms with van der Waals surface area (Å²) in [6.45, 7) is 1.97. The van der Waals surface area contributed by atoms with Crippen LogP contribution in [0, 0.1) is 5.82 Å². The van der Waals surface area contributed by atoms with Crippen LogP contribution in [0.3, 0.4) is 0 Å². The summed E-state index contributed by atoms with van der Waals surface area (Å²) in [4.78, 5) is -0.171. The minimum atomic E-state index is -3.79. The first kappa shape index (κ1) is 19.1. The molecule has 0 spiro atoms.